The maximum atomic E-state index is 12.7. The van der Waals surface area contributed by atoms with Gasteiger partial charge in [0, 0.05) is 4.90 Å². The molecule has 1 unspecified atom stereocenters. The van der Waals surface area contributed by atoms with Crippen LogP contribution in [0.25, 0.3) is 6.08 Å². The smallest absolute Gasteiger partial charge is 0.282 e. The third-order valence-corrected chi connectivity index (χ3v) is 7.11. The van der Waals surface area contributed by atoms with Gasteiger partial charge in [0.1, 0.15) is 10.9 Å². The molecule has 4 rings (SSSR count). The minimum atomic E-state index is -0.358. The van der Waals surface area contributed by atoms with Crippen molar-refractivity contribution in [2.75, 3.05) is 0 Å². The van der Waals surface area contributed by atoms with E-state index in [0.717, 1.165) is 34.9 Å². The van der Waals surface area contributed by atoms with E-state index in [9.17, 15) is 9.90 Å². The number of aromatic nitrogens is 2. The number of aromatic hydroxyl groups is 1. The monoisotopic (exact) mass is 468 g/mol. The molecule has 4 nitrogen and oxygen atoms in total. The number of nitrogens with one attached hydrogen (secondary N) is 1. The van der Waals surface area contributed by atoms with Crippen molar-refractivity contribution in [2.24, 2.45) is 0 Å². The van der Waals surface area contributed by atoms with Crippen LogP contribution in [0.2, 0.25) is 5.02 Å². The molecule has 158 valence electrons. The third kappa shape index (κ3) is 4.66. The van der Waals surface area contributed by atoms with E-state index in [4.69, 9.17) is 11.6 Å². The van der Waals surface area contributed by atoms with Crippen molar-refractivity contribution in [3.8, 4) is 5.88 Å². The first-order chi connectivity index (χ1) is 15.1. The summed E-state index contributed by atoms with van der Waals surface area (Å²) in [6.45, 7) is 2.10. The van der Waals surface area contributed by atoms with E-state index >= 15 is 0 Å². The fraction of sp³-hybridized carbons (Fsp3) is 0.125. The van der Waals surface area contributed by atoms with Crippen molar-refractivity contribution < 1.29 is 5.11 Å². The average molecular weight is 469 g/mol. The van der Waals surface area contributed by atoms with Gasteiger partial charge in [-0.05, 0) is 52.1 Å². The molecule has 0 aliphatic carbocycles. The van der Waals surface area contributed by atoms with Gasteiger partial charge in [0.05, 0.1) is 5.02 Å². The summed E-state index contributed by atoms with van der Waals surface area (Å²) in [6.07, 6.45) is 5.17. The summed E-state index contributed by atoms with van der Waals surface area (Å²) in [4.78, 5) is 13.7. The van der Waals surface area contributed by atoms with E-state index in [1.54, 1.807) is 17.4 Å². The van der Waals surface area contributed by atoms with Gasteiger partial charge in [0.15, 0.2) is 0 Å². The fourth-order valence-corrected chi connectivity index (χ4v) is 5.10. The second-order valence-corrected chi connectivity index (χ2v) is 9.17. The number of halogens is 1. The lowest BCUT2D eigenvalue weighted by atomic mass is 10.00. The molecule has 0 aliphatic rings. The zero-order valence-electron chi connectivity index (χ0n) is 16.8. The highest BCUT2D eigenvalue weighted by atomic mass is 35.5. The Morgan fingerprint density at radius 1 is 1.16 bits per heavy atom. The molecule has 0 fully saturated rings. The standard InChI is InChI=1S/C24H21ClN2O2S2/c1-2-3-6-16-9-11-17(12-10-16)21(18-13-14-30-15-18)27-24(29)22(23(28)26-27)31-20-8-5-4-7-19(20)25/h3-15,21,29H,2H2,1H3,(H,26,28)/b6-3+. The lowest BCUT2D eigenvalue weighted by Gasteiger charge is -2.19. The first-order valence-electron chi connectivity index (χ1n) is 9.83. The first-order valence-corrected chi connectivity index (χ1v) is 12.0. The highest BCUT2D eigenvalue weighted by Gasteiger charge is 2.25. The minimum Gasteiger partial charge on any atom is -0.493 e. The van der Waals surface area contributed by atoms with E-state index < -0.39 is 0 Å². The van der Waals surface area contributed by atoms with Gasteiger partial charge in [-0.1, -0.05) is 78.8 Å². The van der Waals surface area contributed by atoms with Crippen LogP contribution < -0.4 is 5.56 Å². The molecular formula is C24H21ClN2O2S2. The third-order valence-electron chi connectivity index (χ3n) is 4.82. The maximum Gasteiger partial charge on any atom is 0.282 e. The molecule has 4 aromatic rings. The van der Waals surface area contributed by atoms with Gasteiger partial charge in [-0.15, -0.1) is 0 Å². The van der Waals surface area contributed by atoms with Crippen LogP contribution in [0.4, 0.5) is 0 Å². The molecule has 0 saturated heterocycles. The van der Waals surface area contributed by atoms with E-state index in [-0.39, 0.29) is 22.4 Å². The molecular weight excluding hydrogens is 448 g/mol. The number of hydrogen-bond donors (Lipinski definition) is 2. The van der Waals surface area contributed by atoms with E-state index in [0.29, 0.717) is 9.92 Å². The quantitative estimate of drug-likeness (QED) is 0.313. The molecule has 2 aromatic heterocycles. The Bertz CT molecular complexity index is 1240. The molecule has 0 saturated carbocycles. The SMILES string of the molecule is CC/C=C/c1ccc(C(c2ccsc2)n2[nH]c(=O)c(Sc3ccccc3Cl)c2O)cc1. The van der Waals surface area contributed by atoms with Crippen LogP contribution in [0.15, 0.2) is 86.0 Å². The number of hydrogen-bond acceptors (Lipinski definition) is 4. The van der Waals surface area contributed by atoms with Crippen LogP contribution in [0.3, 0.4) is 0 Å². The van der Waals surface area contributed by atoms with Gasteiger partial charge in [0.2, 0.25) is 5.88 Å². The van der Waals surface area contributed by atoms with Crippen molar-refractivity contribution in [3.63, 3.8) is 0 Å². The predicted octanol–water partition coefficient (Wildman–Crippen LogP) is 6.81. The number of allylic oxidation sites excluding steroid dienone is 1. The Morgan fingerprint density at radius 3 is 2.61 bits per heavy atom. The lowest BCUT2D eigenvalue weighted by Crippen LogP contribution is -2.15. The zero-order valence-corrected chi connectivity index (χ0v) is 19.2. The molecule has 0 amide bonds. The average Bonchev–Trinajstić information content (AvgIpc) is 3.40. The minimum absolute atomic E-state index is 0.110. The van der Waals surface area contributed by atoms with Crippen LogP contribution >= 0.6 is 34.7 Å². The number of H-pyrrole nitrogens is 1. The molecule has 0 radical (unpaired) electrons. The normalized spacial score (nSPS) is 12.5. The molecule has 31 heavy (non-hydrogen) atoms. The summed E-state index contributed by atoms with van der Waals surface area (Å²) in [5, 5.41) is 18.4. The molecule has 2 N–H and O–H groups in total. The van der Waals surface area contributed by atoms with Crippen molar-refractivity contribution in [2.45, 2.75) is 29.2 Å². The Morgan fingerprint density at radius 2 is 1.94 bits per heavy atom. The highest BCUT2D eigenvalue weighted by Crippen LogP contribution is 2.39. The van der Waals surface area contributed by atoms with Crippen LogP contribution in [0, 0.1) is 0 Å². The number of rotatable bonds is 7. The van der Waals surface area contributed by atoms with Gasteiger partial charge in [-0.3, -0.25) is 9.89 Å². The van der Waals surface area contributed by atoms with Gasteiger partial charge in [-0.2, -0.15) is 11.3 Å². The van der Waals surface area contributed by atoms with E-state index in [2.05, 4.69) is 24.2 Å². The molecule has 2 aromatic carbocycles. The van der Waals surface area contributed by atoms with Crippen molar-refractivity contribution in [3.05, 3.63) is 104 Å². The van der Waals surface area contributed by atoms with Gasteiger partial charge in [-0.25, -0.2) is 4.68 Å². The topological polar surface area (TPSA) is 58.0 Å². The van der Waals surface area contributed by atoms with Crippen molar-refractivity contribution >= 4 is 40.8 Å². The summed E-state index contributed by atoms with van der Waals surface area (Å²) >= 11 is 8.98. The first kappa shape index (κ1) is 21.6. The van der Waals surface area contributed by atoms with Gasteiger partial charge >= 0.3 is 0 Å². The second-order valence-electron chi connectivity index (χ2n) is 6.93. The van der Waals surface area contributed by atoms with E-state index in [1.165, 1.54) is 4.68 Å². The summed E-state index contributed by atoms with van der Waals surface area (Å²) in [5.74, 6) is -0.110. The molecule has 7 heteroatoms. The second kappa shape index (κ2) is 9.64. The number of aromatic amines is 1. The van der Waals surface area contributed by atoms with Crippen molar-refractivity contribution in [1.82, 2.24) is 9.78 Å². The summed E-state index contributed by atoms with van der Waals surface area (Å²) in [6, 6.07) is 17.0. The zero-order chi connectivity index (χ0) is 21.8. The van der Waals surface area contributed by atoms with Crippen LogP contribution in [-0.2, 0) is 0 Å². The Labute approximate surface area is 193 Å². The van der Waals surface area contributed by atoms with E-state index in [1.807, 2.05) is 59.3 Å². The Balaban J connectivity index is 1.76. The molecule has 0 spiro atoms. The summed E-state index contributed by atoms with van der Waals surface area (Å²) in [5.41, 5.74) is 2.69. The number of benzene rings is 2. The highest BCUT2D eigenvalue weighted by molar-refractivity contribution is 7.99. The fourth-order valence-electron chi connectivity index (χ4n) is 3.30. The van der Waals surface area contributed by atoms with Gasteiger partial charge < -0.3 is 5.11 Å². The van der Waals surface area contributed by atoms with Crippen LogP contribution in [-0.4, -0.2) is 14.9 Å². The molecule has 0 bridgehead atoms. The molecule has 1 atom stereocenters. The van der Waals surface area contributed by atoms with Gasteiger partial charge in [0.25, 0.3) is 5.56 Å². The largest absolute Gasteiger partial charge is 0.493 e. The van der Waals surface area contributed by atoms with Crippen molar-refractivity contribution in [1.29, 1.82) is 0 Å². The summed E-state index contributed by atoms with van der Waals surface area (Å²) < 4.78 is 1.53. The lowest BCUT2D eigenvalue weighted by molar-refractivity contribution is 0.385. The number of nitrogens with zero attached hydrogens (tertiary/aromatic N) is 1. The molecule has 0 aliphatic heterocycles. The molecule has 2 heterocycles. The van der Waals surface area contributed by atoms with Crippen LogP contribution in [0.5, 0.6) is 5.88 Å². The Kier molecular flexibility index (Phi) is 6.70. The van der Waals surface area contributed by atoms with Crippen LogP contribution in [0.1, 0.15) is 36.1 Å². The summed E-state index contributed by atoms with van der Waals surface area (Å²) in [7, 11) is 0. The predicted molar refractivity (Wildman–Crippen MR) is 130 cm³/mol. The maximum absolute atomic E-state index is 12.7. The Hall–Kier alpha value is -2.67. The number of thiophene rings is 1.